The van der Waals surface area contributed by atoms with Crippen LogP contribution in [0, 0.1) is 0 Å². The average Bonchev–Trinajstić information content (AvgIpc) is 2.24. The van der Waals surface area contributed by atoms with E-state index in [1.807, 2.05) is 24.3 Å². The van der Waals surface area contributed by atoms with Gasteiger partial charge < -0.3 is 5.32 Å². The molecule has 1 rings (SSSR count). The summed E-state index contributed by atoms with van der Waals surface area (Å²) >= 11 is 6.09. The molecule has 0 saturated heterocycles. The Morgan fingerprint density at radius 3 is 2.75 bits per heavy atom. The smallest absolute Gasteiger partial charge is 0.0453 e. The van der Waals surface area contributed by atoms with Gasteiger partial charge in [-0.05, 0) is 31.5 Å². The number of nitrogens with one attached hydrogen (secondary N) is 1. The van der Waals surface area contributed by atoms with Crippen LogP contribution in [0.1, 0.15) is 24.9 Å². The molecule has 0 bridgehead atoms. The molecule has 0 amide bonds. The third-order valence-electron chi connectivity index (χ3n) is 2.43. The van der Waals surface area contributed by atoms with Gasteiger partial charge in [0.05, 0.1) is 0 Å². The van der Waals surface area contributed by atoms with E-state index in [4.69, 9.17) is 11.6 Å². The molecule has 16 heavy (non-hydrogen) atoms. The van der Waals surface area contributed by atoms with Crippen molar-refractivity contribution in [3.8, 4) is 0 Å². The van der Waals surface area contributed by atoms with Crippen LogP contribution in [-0.4, -0.2) is 22.8 Å². The van der Waals surface area contributed by atoms with Crippen molar-refractivity contribution in [3.05, 3.63) is 34.9 Å². The molecule has 2 atom stereocenters. The lowest BCUT2D eigenvalue weighted by atomic mass is 10.1. The van der Waals surface area contributed by atoms with Gasteiger partial charge in [-0.15, -0.1) is 0 Å². The second-order valence-electron chi connectivity index (χ2n) is 3.83. The minimum absolute atomic E-state index is 0.235. The van der Waals surface area contributed by atoms with E-state index < -0.39 is 10.8 Å². The molecule has 90 valence electrons. The molecule has 0 spiro atoms. The van der Waals surface area contributed by atoms with E-state index in [9.17, 15) is 4.21 Å². The normalized spacial score (nSPS) is 14.7. The number of halogens is 1. The van der Waals surface area contributed by atoms with Gasteiger partial charge in [-0.2, -0.15) is 0 Å². The predicted molar refractivity (Wildman–Crippen MR) is 71.4 cm³/mol. The summed E-state index contributed by atoms with van der Waals surface area (Å²) in [6, 6.07) is 8.08. The molecule has 0 aliphatic heterocycles. The lowest BCUT2D eigenvalue weighted by Gasteiger charge is -2.15. The monoisotopic (exact) mass is 259 g/mol. The van der Waals surface area contributed by atoms with Crippen LogP contribution in [0.15, 0.2) is 24.3 Å². The minimum Gasteiger partial charge on any atom is -0.310 e. The number of rotatable bonds is 6. The zero-order valence-electron chi connectivity index (χ0n) is 9.70. The van der Waals surface area contributed by atoms with Gasteiger partial charge in [-0.25, -0.2) is 0 Å². The largest absolute Gasteiger partial charge is 0.310 e. The molecule has 4 heteroatoms. The molecule has 1 aromatic rings. The molecule has 0 heterocycles. The second-order valence-corrected chi connectivity index (χ2v) is 5.79. The van der Waals surface area contributed by atoms with Crippen molar-refractivity contribution in [2.24, 2.45) is 0 Å². The van der Waals surface area contributed by atoms with Gasteiger partial charge in [0, 0.05) is 33.9 Å². The first kappa shape index (κ1) is 13.7. The lowest BCUT2D eigenvalue weighted by Crippen LogP contribution is -2.21. The molecular formula is C12H18ClNOS. The van der Waals surface area contributed by atoms with Crippen LogP contribution >= 0.6 is 11.6 Å². The van der Waals surface area contributed by atoms with Gasteiger partial charge in [0.2, 0.25) is 0 Å². The molecule has 0 aromatic heterocycles. The highest BCUT2D eigenvalue weighted by atomic mass is 35.5. The molecule has 0 saturated carbocycles. The van der Waals surface area contributed by atoms with Gasteiger partial charge >= 0.3 is 0 Å². The molecule has 2 unspecified atom stereocenters. The molecule has 2 nitrogen and oxygen atoms in total. The summed E-state index contributed by atoms with van der Waals surface area (Å²) in [5.41, 5.74) is 1.11. The van der Waals surface area contributed by atoms with E-state index in [1.165, 1.54) is 0 Å². The second kappa shape index (κ2) is 7.05. The average molecular weight is 260 g/mol. The molecule has 0 radical (unpaired) electrons. The Kier molecular flexibility index (Phi) is 6.03. The summed E-state index contributed by atoms with van der Waals surface area (Å²) in [6.07, 6.45) is 2.66. The quantitative estimate of drug-likeness (QED) is 0.796. The van der Waals surface area contributed by atoms with Crippen LogP contribution in [-0.2, 0) is 10.8 Å². The maximum Gasteiger partial charge on any atom is 0.0453 e. The Labute approximate surface area is 105 Å². The van der Waals surface area contributed by atoms with E-state index in [1.54, 1.807) is 6.26 Å². The number of hydrogen-bond acceptors (Lipinski definition) is 2. The summed E-state index contributed by atoms with van der Waals surface area (Å²) in [5, 5.41) is 4.17. The Morgan fingerprint density at radius 1 is 1.44 bits per heavy atom. The van der Waals surface area contributed by atoms with Gasteiger partial charge in [0.25, 0.3) is 0 Å². The highest BCUT2D eigenvalue weighted by molar-refractivity contribution is 7.84. The van der Waals surface area contributed by atoms with Crippen LogP contribution in [0.2, 0.25) is 5.02 Å². The van der Waals surface area contributed by atoms with Crippen molar-refractivity contribution in [2.45, 2.75) is 19.4 Å². The van der Waals surface area contributed by atoms with E-state index in [0.29, 0.717) is 0 Å². The number of hydrogen-bond donors (Lipinski definition) is 1. The Morgan fingerprint density at radius 2 is 2.12 bits per heavy atom. The summed E-state index contributed by atoms with van der Waals surface area (Å²) < 4.78 is 10.9. The van der Waals surface area contributed by atoms with E-state index in [0.717, 1.165) is 29.3 Å². The first-order chi connectivity index (χ1) is 7.61. The van der Waals surface area contributed by atoms with Crippen molar-refractivity contribution in [3.63, 3.8) is 0 Å². The fourth-order valence-corrected chi connectivity index (χ4v) is 2.38. The van der Waals surface area contributed by atoms with Gasteiger partial charge in [-0.1, -0.05) is 29.8 Å². The van der Waals surface area contributed by atoms with Crippen molar-refractivity contribution < 1.29 is 4.21 Å². The summed E-state index contributed by atoms with van der Waals surface area (Å²) in [7, 11) is -0.695. The highest BCUT2D eigenvalue weighted by Gasteiger charge is 2.07. The summed E-state index contributed by atoms with van der Waals surface area (Å²) in [6.45, 7) is 2.95. The first-order valence-corrected chi connectivity index (χ1v) is 7.49. The summed E-state index contributed by atoms with van der Waals surface area (Å²) in [5.74, 6) is 0.752. The predicted octanol–water partition coefficient (Wildman–Crippen LogP) is 2.76. The molecular weight excluding hydrogens is 242 g/mol. The molecule has 1 aromatic carbocycles. The Bertz CT molecular complexity index is 357. The van der Waals surface area contributed by atoms with Gasteiger partial charge in [0.15, 0.2) is 0 Å². The third-order valence-corrected chi connectivity index (χ3v) is 3.64. The van der Waals surface area contributed by atoms with Crippen LogP contribution in [0.25, 0.3) is 0 Å². The Balaban J connectivity index is 2.38. The zero-order valence-corrected chi connectivity index (χ0v) is 11.3. The van der Waals surface area contributed by atoms with Crippen molar-refractivity contribution in [1.29, 1.82) is 0 Å². The van der Waals surface area contributed by atoms with Crippen molar-refractivity contribution >= 4 is 22.4 Å². The van der Waals surface area contributed by atoms with Crippen molar-refractivity contribution in [2.75, 3.05) is 18.6 Å². The maximum atomic E-state index is 10.9. The van der Waals surface area contributed by atoms with E-state index in [2.05, 4.69) is 12.2 Å². The van der Waals surface area contributed by atoms with Crippen LogP contribution < -0.4 is 5.32 Å². The standard InChI is InChI=1S/C12H18ClNOS/c1-10(14-8-5-9-16(2)15)11-6-3-4-7-12(11)13/h3-4,6-7,10,14H,5,8-9H2,1-2H3. The van der Waals surface area contributed by atoms with Gasteiger partial charge in [0.1, 0.15) is 0 Å². The van der Waals surface area contributed by atoms with E-state index >= 15 is 0 Å². The lowest BCUT2D eigenvalue weighted by molar-refractivity contribution is 0.571. The van der Waals surface area contributed by atoms with Crippen LogP contribution in [0.3, 0.4) is 0 Å². The molecule has 0 aliphatic carbocycles. The SMILES string of the molecule is CC(NCCCS(C)=O)c1ccccc1Cl. The van der Waals surface area contributed by atoms with E-state index in [-0.39, 0.29) is 6.04 Å². The van der Waals surface area contributed by atoms with Crippen LogP contribution in [0.5, 0.6) is 0 Å². The fourth-order valence-electron chi connectivity index (χ4n) is 1.53. The Hall–Kier alpha value is -0.380. The number of benzene rings is 1. The molecule has 1 N–H and O–H groups in total. The van der Waals surface area contributed by atoms with Crippen LogP contribution in [0.4, 0.5) is 0 Å². The maximum absolute atomic E-state index is 10.9. The fraction of sp³-hybridized carbons (Fsp3) is 0.500. The topological polar surface area (TPSA) is 29.1 Å². The molecule has 0 aliphatic rings. The molecule has 0 fully saturated rings. The summed E-state index contributed by atoms with van der Waals surface area (Å²) in [4.78, 5) is 0. The third kappa shape index (κ3) is 4.64. The minimum atomic E-state index is -0.695. The first-order valence-electron chi connectivity index (χ1n) is 5.39. The zero-order chi connectivity index (χ0) is 12.0. The van der Waals surface area contributed by atoms with Gasteiger partial charge in [-0.3, -0.25) is 4.21 Å². The highest BCUT2D eigenvalue weighted by Crippen LogP contribution is 2.21. The van der Waals surface area contributed by atoms with Crippen molar-refractivity contribution in [1.82, 2.24) is 5.32 Å².